The zero-order valence-electron chi connectivity index (χ0n) is 14.6. The van der Waals surface area contributed by atoms with E-state index < -0.39 is 0 Å². The molecule has 1 aromatic heterocycles. The molecule has 0 unspecified atom stereocenters. The van der Waals surface area contributed by atoms with Gasteiger partial charge in [-0.05, 0) is 24.3 Å². The molecule has 0 aliphatic carbocycles. The predicted octanol–water partition coefficient (Wildman–Crippen LogP) is 3.75. The van der Waals surface area contributed by atoms with Gasteiger partial charge >= 0.3 is 6.03 Å². The number of hydrogen-bond donors (Lipinski definition) is 0. The van der Waals surface area contributed by atoms with Gasteiger partial charge in [0.05, 0.1) is 11.4 Å². The highest BCUT2D eigenvalue weighted by atomic mass is 32.1. The molecular weight excluding hydrogens is 360 g/mol. The molecule has 1 saturated heterocycles. The smallest absolute Gasteiger partial charge is 0.313 e. The van der Waals surface area contributed by atoms with E-state index in [1.54, 1.807) is 20.9 Å². The average molecular weight is 378 g/mol. The van der Waals surface area contributed by atoms with E-state index in [4.69, 9.17) is 0 Å². The number of aromatic nitrogens is 1. The minimum absolute atomic E-state index is 0.0363. The summed E-state index contributed by atoms with van der Waals surface area (Å²) in [7, 11) is 0. The van der Waals surface area contributed by atoms with Crippen LogP contribution in [0.2, 0.25) is 0 Å². The molecule has 0 atom stereocenters. The monoisotopic (exact) mass is 378 g/mol. The number of carbonyl (C=O) groups is 2. The average Bonchev–Trinajstić information content (AvgIpc) is 3.24. The first kappa shape index (κ1) is 17.2. The van der Waals surface area contributed by atoms with Crippen LogP contribution in [0, 0.1) is 0 Å². The van der Waals surface area contributed by atoms with E-state index >= 15 is 0 Å². The largest absolute Gasteiger partial charge is 0.329 e. The molecule has 1 aliphatic rings. The molecule has 0 bridgehead atoms. The van der Waals surface area contributed by atoms with Crippen molar-refractivity contribution >= 4 is 39.8 Å². The van der Waals surface area contributed by atoms with Crippen LogP contribution in [0.15, 0.2) is 72.2 Å². The van der Waals surface area contributed by atoms with Crippen molar-refractivity contribution in [1.82, 2.24) is 9.88 Å². The Labute approximate surface area is 161 Å². The number of rotatable bonds is 3. The lowest BCUT2D eigenvalue weighted by Gasteiger charge is -2.36. The molecule has 0 radical (unpaired) electrons. The molecule has 1 fully saturated rings. The van der Waals surface area contributed by atoms with Crippen molar-refractivity contribution in [3.05, 3.63) is 72.2 Å². The zero-order chi connectivity index (χ0) is 18.6. The van der Waals surface area contributed by atoms with Crippen LogP contribution < -0.4 is 9.80 Å². The number of anilines is 3. The zero-order valence-corrected chi connectivity index (χ0v) is 15.4. The molecule has 7 heteroatoms. The first-order valence-corrected chi connectivity index (χ1v) is 9.51. The van der Waals surface area contributed by atoms with Gasteiger partial charge in [0.2, 0.25) is 5.91 Å². The van der Waals surface area contributed by atoms with Crippen molar-refractivity contribution in [3.63, 3.8) is 0 Å². The van der Waals surface area contributed by atoms with Crippen molar-refractivity contribution in [3.8, 4) is 0 Å². The van der Waals surface area contributed by atoms with E-state index in [1.165, 1.54) is 11.3 Å². The molecule has 3 amide bonds. The quantitative estimate of drug-likeness (QED) is 0.697. The van der Waals surface area contributed by atoms with Gasteiger partial charge < -0.3 is 4.90 Å². The maximum Gasteiger partial charge on any atom is 0.329 e. The van der Waals surface area contributed by atoms with Crippen LogP contribution in [-0.2, 0) is 4.79 Å². The second kappa shape index (κ2) is 7.59. The van der Waals surface area contributed by atoms with E-state index in [1.807, 2.05) is 66.0 Å². The molecule has 2 heterocycles. The second-order valence-corrected chi connectivity index (χ2v) is 6.94. The normalized spacial score (nSPS) is 14.3. The Morgan fingerprint density at radius 2 is 1.59 bits per heavy atom. The number of benzene rings is 2. The van der Waals surface area contributed by atoms with E-state index in [2.05, 4.69) is 4.98 Å². The van der Waals surface area contributed by atoms with Crippen LogP contribution in [0.25, 0.3) is 0 Å². The van der Waals surface area contributed by atoms with Crippen molar-refractivity contribution in [2.24, 2.45) is 0 Å². The molecule has 1 aliphatic heterocycles. The van der Waals surface area contributed by atoms with Gasteiger partial charge in [0.15, 0.2) is 5.13 Å². The summed E-state index contributed by atoms with van der Waals surface area (Å²) in [5.41, 5.74) is 1.53. The summed E-state index contributed by atoms with van der Waals surface area (Å²) < 4.78 is 0. The second-order valence-electron chi connectivity index (χ2n) is 6.07. The molecule has 3 aromatic rings. The lowest BCUT2D eigenvalue weighted by molar-refractivity contribution is -0.120. The fraction of sp³-hybridized carbons (Fsp3) is 0.150. The van der Waals surface area contributed by atoms with Gasteiger partial charge in [-0.15, -0.1) is 11.3 Å². The molecule has 2 aromatic carbocycles. The highest BCUT2D eigenvalue weighted by Gasteiger charge is 2.32. The summed E-state index contributed by atoms with van der Waals surface area (Å²) in [6.45, 7) is 0.935. The van der Waals surface area contributed by atoms with E-state index in [-0.39, 0.29) is 18.5 Å². The Balaban J connectivity index is 1.58. The number of amides is 3. The minimum atomic E-state index is -0.209. The Kier molecular flexibility index (Phi) is 4.84. The maximum atomic E-state index is 13.3. The van der Waals surface area contributed by atoms with Crippen LogP contribution in [0.3, 0.4) is 0 Å². The number of piperazine rings is 1. The number of hydrogen-bond acceptors (Lipinski definition) is 4. The fourth-order valence-electron chi connectivity index (χ4n) is 3.05. The molecular formula is C20H18N4O2S. The topological polar surface area (TPSA) is 56.8 Å². The van der Waals surface area contributed by atoms with Crippen molar-refractivity contribution in [1.29, 1.82) is 0 Å². The van der Waals surface area contributed by atoms with Crippen LogP contribution in [0.4, 0.5) is 21.3 Å². The molecule has 6 nitrogen and oxygen atoms in total. The van der Waals surface area contributed by atoms with Crippen molar-refractivity contribution in [2.45, 2.75) is 0 Å². The Morgan fingerprint density at radius 1 is 0.963 bits per heavy atom. The minimum Gasteiger partial charge on any atom is -0.313 e. The summed E-state index contributed by atoms with van der Waals surface area (Å²) in [5, 5.41) is 2.52. The van der Waals surface area contributed by atoms with E-state index in [0.717, 1.165) is 11.4 Å². The standard InChI is InChI=1S/C20H18N4O2S/c25-18-15-22(12-13-23(18)19-21-11-14-27-19)20(26)24(16-7-3-1-4-8-16)17-9-5-2-6-10-17/h1-11,14H,12-13,15H2. The van der Waals surface area contributed by atoms with Gasteiger partial charge in [-0.25, -0.2) is 9.78 Å². The number of nitrogens with zero attached hydrogens (tertiary/aromatic N) is 4. The molecule has 0 N–H and O–H groups in total. The van der Waals surface area contributed by atoms with Crippen LogP contribution >= 0.6 is 11.3 Å². The molecule has 0 spiro atoms. The third-order valence-electron chi connectivity index (χ3n) is 4.36. The molecule has 4 rings (SSSR count). The predicted molar refractivity (Wildman–Crippen MR) is 106 cm³/mol. The lowest BCUT2D eigenvalue weighted by Crippen LogP contribution is -2.55. The van der Waals surface area contributed by atoms with Gasteiger partial charge in [0, 0.05) is 24.7 Å². The highest BCUT2D eigenvalue weighted by Crippen LogP contribution is 2.27. The summed E-state index contributed by atoms with van der Waals surface area (Å²) in [6.07, 6.45) is 1.68. The SMILES string of the molecule is O=C1CN(C(=O)N(c2ccccc2)c2ccccc2)CCN1c1nccs1. The number of carbonyl (C=O) groups excluding carboxylic acids is 2. The third-order valence-corrected chi connectivity index (χ3v) is 5.16. The first-order chi connectivity index (χ1) is 13.2. The van der Waals surface area contributed by atoms with Gasteiger partial charge in [-0.3, -0.25) is 14.6 Å². The molecule has 0 saturated carbocycles. The van der Waals surface area contributed by atoms with Crippen LogP contribution in [0.1, 0.15) is 0 Å². The third kappa shape index (κ3) is 3.54. The van der Waals surface area contributed by atoms with E-state index in [9.17, 15) is 9.59 Å². The van der Waals surface area contributed by atoms with Gasteiger partial charge in [-0.1, -0.05) is 36.4 Å². The van der Waals surface area contributed by atoms with Crippen LogP contribution in [-0.4, -0.2) is 41.5 Å². The lowest BCUT2D eigenvalue weighted by atomic mass is 10.2. The van der Waals surface area contributed by atoms with Gasteiger partial charge in [-0.2, -0.15) is 0 Å². The van der Waals surface area contributed by atoms with Crippen molar-refractivity contribution in [2.75, 3.05) is 29.4 Å². The van der Waals surface area contributed by atoms with Crippen molar-refractivity contribution < 1.29 is 9.59 Å². The van der Waals surface area contributed by atoms with Crippen LogP contribution in [0.5, 0.6) is 0 Å². The first-order valence-electron chi connectivity index (χ1n) is 8.63. The summed E-state index contributed by atoms with van der Waals surface area (Å²) in [6, 6.07) is 18.7. The molecule has 136 valence electrons. The Morgan fingerprint density at radius 3 is 2.11 bits per heavy atom. The van der Waals surface area contributed by atoms with Gasteiger partial charge in [0.25, 0.3) is 0 Å². The summed E-state index contributed by atoms with van der Waals surface area (Å²) in [4.78, 5) is 35.0. The van der Waals surface area contributed by atoms with Gasteiger partial charge in [0.1, 0.15) is 6.54 Å². The summed E-state index contributed by atoms with van der Waals surface area (Å²) >= 11 is 1.42. The highest BCUT2D eigenvalue weighted by molar-refractivity contribution is 7.13. The number of thiazole rings is 1. The number of para-hydroxylation sites is 2. The Bertz CT molecular complexity index is 876. The fourth-order valence-corrected chi connectivity index (χ4v) is 3.74. The Hall–Kier alpha value is -3.19. The molecule has 27 heavy (non-hydrogen) atoms. The summed E-state index contributed by atoms with van der Waals surface area (Å²) in [5.74, 6) is -0.120. The number of urea groups is 1. The van der Waals surface area contributed by atoms with E-state index in [0.29, 0.717) is 18.2 Å². The maximum absolute atomic E-state index is 13.3.